The van der Waals surface area contributed by atoms with Gasteiger partial charge in [0.05, 0.1) is 19.8 Å². The van der Waals surface area contributed by atoms with E-state index in [1.807, 2.05) is 0 Å². The van der Waals surface area contributed by atoms with Crippen molar-refractivity contribution < 1.29 is 14.3 Å². The first-order chi connectivity index (χ1) is 21.2. The Morgan fingerprint density at radius 2 is 1.05 bits per heavy atom. The Balaban J connectivity index is 1.08. The molecule has 3 heterocycles. The summed E-state index contributed by atoms with van der Waals surface area (Å²) in [6.07, 6.45) is 22.9. The molecular weight excluding hydrogens is 536 g/mol. The van der Waals surface area contributed by atoms with Gasteiger partial charge in [0.1, 0.15) is 5.78 Å². The second kappa shape index (κ2) is 23.7. The zero-order valence-electron chi connectivity index (χ0n) is 28.3. The highest BCUT2D eigenvalue weighted by molar-refractivity contribution is 5.78. The highest BCUT2D eigenvalue weighted by Gasteiger charge is 2.22. The number of hydrogen-bond acceptors (Lipinski definition) is 7. The Kier molecular flexibility index (Phi) is 20.4. The molecule has 2 N–H and O–H groups in total. The molecule has 3 rings (SSSR count). The summed E-state index contributed by atoms with van der Waals surface area (Å²) in [6.45, 7) is 14.2. The smallest absolute Gasteiger partial charge is 0.135 e. The predicted molar refractivity (Wildman–Crippen MR) is 180 cm³/mol. The van der Waals surface area contributed by atoms with Gasteiger partial charge in [-0.3, -0.25) is 4.79 Å². The Morgan fingerprint density at radius 3 is 1.51 bits per heavy atom. The van der Waals surface area contributed by atoms with Gasteiger partial charge in [0.2, 0.25) is 0 Å². The molecule has 7 nitrogen and oxygen atoms in total. The third kappa shape index (κ3) is 17.1. The number of unbranched alkanes of at least 4 members (excludes halogenated alkanes) is 4. The summed E-state index contributed by atoms with van der Waals surface area (Å²) in [4.78, 5) is 20.2. The van der Waals surface area contributed by atoms with Crippen LogP contribution >= 0.6 is 0 Å². The molecule has 0 unspecified atom stereocenters. The quantitative estimate of drug-likeness (QED) is 0.135. The molecule has 43 heavy (non-hydrogen) atoms. The summed E-state index contributed by atoms with van der Waals surface area (Å²) < 4.78 is 10.4. The molecule has 0 spiro atoms. The SMILES string of the molecule is COCCOCCC(=O)CCC1CCN(CCCCCN2CCC(CCCC3CCN(CCCCCN)CC3)CC2)CC1. The summed E-state index contributed by atoms with van der Waals surface area (Å²) in [5.41, 5.74) is 5.63. The third-order valence-corrected chi connectivity index (χ3v) is 10.8. The summed E-state index contributed by atoms with van der Waals surface area (Å²) in [6, 6.07) is 0. The molecule has 3 fully saturated rings. The number of piperidine rings is 3. The normalized spacial score (nSPS) is 20.7. The van der Waals surface area contributed by atoms with E-state index in [1.165, 1.54) is 155 Å². The van der Waals surface area contributed by atoms with Crippen molar-refractivity contribution in [1.82, 2.24) is 14.7 Å². The van der Waals surface area contributed by atoms with Crippen LogP contribution in [0.2, 0.25) is 0 Å². The first-order valence-electron chi connectivity index (χ1n) is 18.6. The van der Waals surface area contributed by atoms with Crippen molar-refractivity contribution in [1.29, 1.82) is 0 Å². The number of carbonyl (C=O) groups is 1. The largest absolute Gasteiger partial charge is 0.382 e. The third-order valence-electron chi connectivity index (χ3n) is 10.8. The molecule has 0 amide bonds. The number of rotatable bonds is 24. The lowest BCUT2D eigenvalue weighted by molar-refractivity contribution is -0.120. The fourth-order valence-corrected chi connectivity index (χ4v) is 7.62. The van der Waals surface area contributed by atoms with E-state index in [-0.39, 0.29) is 0 Å². The Hall–Kier alpha value is -0.570. The molecule has 0 radical (unpaired) electrons. The lowest BCUT2D eigenvalue weighted by Crippen LogP contribution is -2.35. The van der Waals surface area contributed by atoms with Crippen molar-refractivity contribution in [2.75, 3.05) is 92.4 Å². The van der Waals surface area contributed by atoms with Gasteiger partial charge in [0, 0.05) is 20.0 Å². The minimum absolute atomic E-state index is 0.357. The summed E-state index contributed by atoms with van der Waals surface area (Å²) >= 11 is 0. The summed E-state index contributed by atoms with van der Waals surface area (Å²) in [5, 5.41) is 0. The van der Waals surface area contributed by atoms with Gasteiger partial charge < -0.3 is 29.9 Å². The summed E-state index contributed by atoms with van der Waals surface area (Å²) in [7, 11) is 1.67. The van der Waals surface area contributed by atoms with Crippen LogP contribution in [0, 0.1) is 17.8 Å². The second-order valence-corrected chi connectivity index (χ2v) is 14.1. The zero-order valence-corrected chi connectivity index (χ0v) is 28.3. The molecular formula is C36H70N4O3. The van der Waals surface area contributed by atoms with Crippen molar-refractivity contribution in [3.8, 4) is 0 Å². The summed E-state index contributed by atoms with van der Waals surface area (Å²) in [5.74, 6) is 3.07. The zero-order chi connectivity index (χ0) is 30.4. The highest BCUT2D eigenvalue weighted by atomic mass is 16.5. The lowest BCUT2D eigenvalue weighted by Gasteiger charge is -2.34. The fraction of sp³-hybridized carbons (Fsp3) is 0.972. The minimum Gasteiger partial charge on any atom is -0.382 e. The monoisotopic (exact) mass is 607 g/mol. The van der Waals surface area contributed by atoms with Crippen LogP contribution in [0.3, 0.4) is 0 Å². The van der Waals surface area contributed by atoms with Gasteiger partial charge in [-0.05, 0) is 154 Å². The maximum Gasteiger partial charge on any atom is 0.135 e. The minimum atomic E-state index is 0.357. The van der Waals surface area contributed by atoms with Gasteiger partial charge in [0.15, 0.2) is 0 Å². The van der Waals surface area contributed by atoms with E-state index in [9.17, 15) is 4.79 Å². The molecule has 3 aliphatic heterocycles. The second-order valence-electron chi connectivity index (χ2n) is 14.1. The van der Waals surface area contributed by atoms with Crippen LogP contribution < -0.4 is 5.73 Å². The molecule has 0 atom stereocenters. The van der Waals surface area contributed by atoms with Gasteiger partial charge in [-0.2, -0.15) is 0 Å². The van der Waals surface area contributed by atoms with E-state index < -0.39 is 0 Å². The Morgan fingerprint density at radius 1 is 0.581 bits per heavy atom. The van der Waals surface area contributed by atoms with Crippen LogP contribution in [0.15, 0.2) is 0 Å². The molecule has 252 valence electrons. The average Bonchev–Trinajstić information content (AvgIpc) is 3.04. The van der Waals surface area contributed by atoms with Crippen molar-refractivity contribution in [2.24, 2.45) is 23.5 Å². The number of ketones is 1. The number of carbonyl (C=O) groups excluding carboxylic acids is 1. The van der Waals surface area contributed by atoms with Gasteiger partial charge in [-0.15, -0.1) is 0 Å². The van der Waals surface area contributed by atoms with Gasteiger partial charge in [0.25, 0.3) is 0 Å². The number of likely N-dealkylation sites (tertiary alicyclic amines) is 3. The fourth-order valence-electron chi connectivity index (χ4n) is 7.62. The Labute approximate surface area is 266 Å². The van der Waals surface area contributed by atoms with Crippen LogP contribution in [-0.4, -0.2) is 113 Å². The van der Waals surface area contributed by atoms with Gasteiger partial charge in [-0.25, -0.2) is 0 Å². The molecule has 0 aliphatic carbocycles. The van der Waals surface area contributed by atoms with Crippen LogP contribution in [0.4, 0.5) is 0 Å². The Bertz CT molecular complexity index is 671. The lowest BCUT2D eigenvalue weighted by atomic mass is 9.87. The number of ether oxygens (including phenoxy) is 2. The van der Waals surface area contributed by atoms with E-state index in [1.54, 1.807) is 7.11 Å². The van der Waals surface area contributed by atoms with Gasteiger partial charge in [-0.1, -0.05) is 32.1 Å². The number of Topliss-reactive ketones (excluding diaryl/α,β-unsaturated/α-hetero) is 1. The molecule has 0 saturated carbocycles. The number of hydrogen-bond donors (Lipinski definition) is 1. The topological polar surface area (TPSA) is 71.3 Å². The number of nitrogens with two attached hydrogens (primary N) is 1. The number of methoxy groups -OCH3 is 1. The maximum absolute atomic E-state index is 12.1. The maximum atomic E-state index is 12.1. The van der Waals surface area contributed by atoms with Gasteiger partial charge >= 0.3 is 0 Å². The predicted octanol–water partition coefficient (Wildman–Crippen LogP) is 5.99. The first-order valence-corrected chi connectivity index (χ1v) is 18.6. The van der Waals surface area contributed by atoms with Crippen LogP contribution in [0.1, 0.15) is 116 Å². The average molecular weight is 607 g/mol. The van der Waals surface area contributed by atoms with E-state index in [0.717, 1.165) is 37.1 Å². The molecule has 0 aromatic rings. The molecule has 3 aliphatic rings. The standard InChI is InChI=1S/C36H70N4O3/c1-42-31-32-43-30-19-36(41)12-11-35-17-28-40(29-18-35)23-7-3-6-22-39-26-15-34(16-27-39)10-8-9-33-13-24-38(25-14-33)21-5-2-4-20-37/h33-35H,2-32,37H2,1H3. The highest BCUT2D eigenvalue weighted by Crippen LogP contribution is 2.28. The van der Waals surface area contributed by atoms with Crippen molar-refractivity contribution in [3.05, 3.63) is 0 Å². The van der Waals surface area contributed by atoms with Crippen molar-refractivity contribution in [2.45, 2.75) is 116 Å². The van der Waals surface area contributed by atoms with E-state index in [4.69, 9.17) is 15.2 Å². The van der Waals surface area contributed by atoms with Crippen molar-refractivity contribution in [3.63, 3.8) is 0 Å². The molecule has 7 heteroatoms. The van der Waals surface area contributed by atoms with Crippen LogP contribution in [-0.2, 0) is 14.3 Å². The molecule has 0 aromatic carbocycles. The molecule has 0 bridgehead atoms. The first kappa shape index (κ1) is 36.9. The van der Waals surface area contributed by atoms with E-state index in [2.05, 4.69) is 14.7 Å². The van der Waals surface area contributed by atoms with Crippen molar-refractivity contribution >= 4 is 5.78 Å². The number of nitrogens with zero attached hydrogens (tertiary/aromatic N) is 3. The molecule has 3 saturated heterocycles. The van der Waals surface area contributed by atoms with E-state index >= 15 is 0 Å². The van der Waals surface area contributed by atoms with Crippen LogP contribution in [0.5, 0.6) is 0 Å². The molecule has 0 aromatic heterocycles. The van der Waals surface area contributed by atoms with E-state index in [0.29, 0.717) is 32.0 Å². The van der Waals surface area contributed by atoms with Crippen LogP contribution in [0.25, 0.3) is 0 Å².